The highest BCUT2D eigenvalue weighted by atomic mass is 19.1. The van der Waals surface area contributed by atoms with Gasteiger partial charge in [-0.2, -0.15) is 0 Å². The average Bonchev–Trinajstić information content (AvgIpc) is 2.93. The first-order valence-corrected chi connectivity index (χ1v) is 13.1. The van der Waals surface area contributed by atoms with Gasteiger partial charge in [-0.15, -0.1) is 0 Å². The lowest BCUT2D eigenvalue weighted by Gasteiger charge is -2.38. The minimum atomic E-state index is -0.269. The fourth-order valence-corrected chi connectivity index (χ4v) is 4.67. The monoisotopic (exact) mass is 483 g/mol. The molecule has 6 heteroatoms. The van der Waals surface area contributed by atoms with Crippen LogP contribution in [0.5, 0.6) is 11.5 Å². The molecule has 0 N–H and O–H groups in total. The maximum absolute atomic E-state index is 14.3. The minimum Gasteiger partial charge on any atom is -0.497 e. The Morgan fingerprint density at radius 2 is 1.54 bits per heavy atom. The zero-order chi connectivity index (χ0) is 25.0. The number of nitrogens with zero attached hydrogens (tertiary/aromatic N) is 3. The number of ether oxygens (including phenoxy) is 2. The van der Waals surface area contributed by atoms with Crippen molar-refractivity contribution in [2.75, 3.05) is 64.4 Å². The lowest BCUT2D eigenvalue weighted by molar-refractivity contribution is 0.205. The van der Waals surface area contributed by atoms with Crippen LogP contribution < -0.4 is 14.4 Å². The summed E-state index contributed by atoms with van der Waals surface area (Å²) < 4.78 is 25.5. The summed E-state index contributed by atoms with van der Waals surface area (Å²) in [6.45, 7) is 15.8. The van der Waals surface area contributed by atoms with Crippen molar-refractivity contribution >= 4 is 11.4 Å². The van der Waals surface area contributed by atoms with E-state index in [1.165, 1.54) is 44.1 Å². The van der Waals surface area contributed by atoms with Crippen molar-refractivity contribution in [2.24, 2.45) is 0 Å². The van der Waals surface area contributed by atoms with Gasteiger partial charge in [-0.3, -0.25) is 0 Å². The Labute approximate surface area is 211 Å². The molecule has 2 heterocycles. The van der Waals surface area contributed by atoms with Gasteiger partial charge in [0.05, 0.1) is 13.7 Å². The van der Waals surface area contributed by atoms with Crippen molar-refractivity contribution in [2.45, 2.75) is 39.5 Å². The highest BCUT2D eigenvalue weighted by Crippen LogP contribution is 2.27. The van der Waals surface area contributed by atoms with E-state index in [-0.39, 0.29) is 5.82 Å². The summed E-state index contributed by atoms with van der Waals surface area (Å²) in [6.07, 6.45) is 5.12. The molecule has 0 aromatic heterocycles. The summed E-state index contributed by atoms with van der Waals surface area (Å²) in [4.78, 5) is 7.05. The zero-order valence-corrected chi connectivity index (χ0v) is 21.8. The van der Waals surface area contributed by atoms with Gasteiger partial charge in [0.2, 0.25) is 0 Å². The van der Waals surface area contributed by atoms with Crippen LogP contribution in [0, 0.1) is 5.82 Å². The number of anilines is 1. The predicted molar refractivity (Wildman–Crippen MR) is 144 cm³/mol. The number of piperazine rings is 1. The molecule has 2 fully saturated rings. The van der Waals surface area contributed by atoms with Gasteiger partial charge in [0.15, 0.2) is 0 Å². The molecular formula is C29H42FN3O2. The fourth-order valence-electron chi connectivity index (χ4n) is 4.67. The van der Waals surface area contributed by atoms with Gasteiger partial charge in [-0.1, -0.05) is 26.8 Å². The van der Waals surface area contributed by atoms with Gasteiger partial charge < -0.3 is 24.2 Å². The molecule has 0 unspecified atom stereocenters. The van der Waals surface area contributed by atoms with Gasteiger partial charge in [0.25, 0.3) is 0 Å². The van der Waals surface area contributed by atoms with E-state index in [0.29, 0.717) is 17.0 Å². The standard InChI is InChI=1S/C27H36FN3O2.C2H6/c1-22(26-21-25(32-2)11-12-27(26)28)30-16-18-31(19-17-30)23-7-9-24(10-8-23)33-20-6-15-29-13-4-3-5-14-29;1-2/h7-12,21H,1,3-6,13-20H2,2H3;1-2H3. The van der Waals surface area contributed by atoms with Crippen LogP contribution in [0.2, 0.25) is 0 Å². The predicted octanol–water partition coefficient (Wildman–Crippen LogP) is 5.91. The SMILES string of the molecule is C=C(c1cc(OC)ccc1F)N1CCN(c2ccc(OCCCN3CCCCC3)cc2)CC1.CC. The molecule has 35 heavy (non-hydrogen) atoms. The molecule has 2 aromatic carbocycles. The van der Waals surface area contributed by atoms with Crippen LogP contribution in [0.25, 0.3) is 5.70 Å². The van der Waals surface area contributed by atoms with Crippen LogP contribution >= 0.6 is 0 Å². The fraction of sp³-hybridized carbons (Fsp3) is 0.517. The molecule has 4 rings (SSSR count). The summed E-state index contributed by atoms with van der Waals surface area (Å²) in [5.74, 6) is 1.30. The maximum Gasteiger partial charge on any atom is 0.132 e. The zero-order valence-electron chi connectivity index (χ0n) is 21.8. The average molecular weight is 484 g/mol. The smallest absolute Gasteiger partial charge is 0.132 e. The Kier molecular flexibility index (Phi) is 10.7. The molecule has 2 saturated heterocycles. The molecular weight excluding hydrogens is 441 g/mol. The number of rotatable bonds is 9. The third kappa shape index (κ3) is 7.63. The van der Waals surface area contributed by atoms with Crippen molar-refractivity contribution in [3.63, 3.8) is 0 Å². The molecule has 0 radical (unpaired) electrons. The van der Waals surface area contributed by atoms with Gasteiger partial charge in [0, 0.05) is 49.7 Å². The van der Waals surface area contributed by atoms with Gasteiger partial charge >= 0.3 is 0 Å². The number of methoxy groups -OCH3 is 1. The van der Waals surface area contributed by atoms with Crippen molar-refractivity contribution in [1.82, 2.24) is 9.80 Å². The van der Waals surface area contributed by atoms with Crippen molar-refractivity contribution in [1.29, 1.82) is 0 Å². The van der Waals surface area contributed by atoms with Crippen molar-refractivity contribution in [3.05, 3.63) is 60.4 Å². The molecule has 0 bridgehead atoms. The Morgan fingerprint density at radius 3 is 2.20 bits per heavy atom. The second-order valence-corrected chi connectivity index (χ2v) is 8.86. The van der Waals surface area contributed by atoms with Gasteiger partial charge in [-0.25, -0.2) is 4.39 Å². The highest BCUT2D eigenvalue weighted by Gasteiger charge is 2.21. The first-order chi connectivity index (χ1) is 17.1. The largest absolute Gasteiger partial charge is 0.497 e. The molecule has 0 atom stereocenters. The van der Waals surface area contributed by atoms with E-state index in [4.69, 9.17) is 9.47 Å². The first-order valence-electron chi connectivity index (χ1n) is 13.1. The quantitative estimate of drug-likeness (QED) is 0.414. The Morgan fingerprint density at radius 1 is 0.886 bits per heavy atom. The Balaban J connectivity index is 0.00000167. The van der Waals surface area contributed by atoms with E-state index < -0.39 is 0 Å². The molecule has 0 spiro atoms. The van der Waals surface area contributed by atoms with Crippen molar-refractivity contribution in [3.8, 4) is 11.5 Å². The first kappa shape index (κ1) is 26.9. The number of hydrogen-bond donors (Lipinski definition) is 0. The molecule has 0 amide bonds. The van der Waals surface area contributed by atoms with Gasteiger partial charge in [0.1, 0.15) is 17.3 Å². The van der Waals surface area contributed by atoms with E-state index in [9.17, 15) is 4.39 Å². The molecule has 2 aromatic rings. The number of hydrogen-bond acceptors (Lipinski definition) is 5. The number of benzene rings is 2. The van der Waals surface area contributed by atoms with Crippen LogP contribution in [-0.4, -0.2) is 69.3 Å². The van der Waals surface area contributed by atoms with E-state index in [1.54, 1.807) is 19.2 Å². The van der Waals surface area contributed by atoms with Crippen LogP contribution in [0.15, 0.2) is 49.0 Å². The van der Waals surface area contributed by atoms with Crippen molar-refractivity contribution < 1.29 is 13.9 Å². The summed E-state index contributed by atoms with van der Waals surface area (Å²) in [5.41, 5.74) is 2.40. The van der Waals surface area contributed by atoms with E-state index in [1.807, 2.05) is 13.8 Å². The number of piperidine rings is 1. The van der Waals surface area contributed by atoms with E-state index >= 15 is 0 Å². The molecule has 192 valence electrons. The minimum absolute atomic E-state index is 0.269. The molecule has 5 nitrogen and oxygen atoms in total. The van der Waals surface area contributed by atoms with E-state index in [2.05, 4.69) is 45.5 Å². The lowest BCUT2D eigenvalue weighted by atomic mass is 10.1. The Bertz CT molecular complexity index is 905. The molecule has 0 aliphatic carbocycles. The van der Waals surface area contributed by atoms with Gasteiger partial charge in [-0.05, 0) is 74.8 Å². The topological polar surface area (TPSA) is 28.2 Å². The van der Waals surface area contributed by atoms with E-state index in [0.717, 1.165) is 51.5 Å². The number of halogens is 1. The summed E-state index contributed by atoms with van der Waals surface area (Å²) in [6, 6.07) is 13.2. The Hall–Kier alpha value is -2.73. The third-order valence-electron chi connectivity index (χ3n) is 6.68. The van der Waals surface area contributed by atoms with Crippen LogP contribution in [-0.2, 0) is 0 Å². The normalized spacial score (nSPS) is 16.3. The second kappa shape index (κ2) is 14.0. The third-order valence-corrected chi connectivity index (χ3v) is 6.68. The maximum atomic E-state index is 14.3. The molecule has 2 aliphatic heterocycles. The lowest BCUT2D eigenvalue weighted by Crippen LogP contribution is -2.45. The molecule has 2 aliphatic rings. The number of likely N-dealkylation sites (tertiary alicyclic amines) is 1. The summed E-state index contributed by atoms with van der Waals surface area (Å²) in [5, 5.41) is 0. The second-order valence-electron chi connectivity index (χ2n) is 8.86. The summed E-state index contributed by atoms with van der Waals surface area (Å²) in [7, 11) is 1.59. The molecule has 0 saturated carbocycles. The van der Waals surface area contributed by atoms with Crippen LogP contribution in [0.3, 0.4) is 0 Å². The van der Waals surface area contributed by atoms with Crippen LogP contribution in [0.4, 0.5) is 10.1 Å². The highest BCUT2D eigenvalue weighted by molar-refractivity contribution is 5.64. The summed E-state index contributed by atoms with van der Waals surface area (Å²) >= 11 is 0. The van der Waals surface area contributed by atoms with Crippen LogP contribution in [0.1, 0.15) is 45.1 Å².